The van der Waals surface area contributed by atoms with Gasteiger partial charge < -0.3 is 24.3 Å². The molecule has 0 radical (unpaired) electrons. The van der Waals surface area contributed by atoms with E-state index in [-0.39, 0.29) is 25.0 Å². The van der Waals surface area contributed by atoms with Crippen LogP contribution in [0.4, 0.5) is 5.69 Å². The topological polar surface area (TPSA) is 35.2 Å². The molecule has 96 valence electrons. The van der Waals surface area contributed by atoms with Crippen LogP contribution in [-0.4, -0.2) is 6.10 Å². The first-order valence-corrected chi connectivity index (χ1v) is 6.14. The monoisotopic (exact) mass is 240 g/mol. The number of aryl methyl sites for hydroxylation is 1. The number of nitrogen functional groups attached to an aromatic ring is 1. The van der Waals surface area contributed by atoms with Crippen LogP contribution in [0.15, 0.2) is 12.1 Å². The minimum atomic E-state index is 0. The first-order valence-electron chi connectivity index (χ1n) is 6.14. The predicted octanol–water partition coefficient (Wildman–Crippen LogP) is 0.900. The van der Waals surface area contributed by atoms with E-state index in [0.29, 0.717) is 11.6 Å². The van der Waals surface area contributed by atoms with Crippen molar-refractivity contribution < 1.29 is 23.6 Å². The third kappa shape index (κ3) is 4.26. The summed E-state index contributed by atoms with van der Waals surface area (Å²) >= 11 is 0. The van der Waals surface area contributed by atoms with Crippen molar-refractivity contribution in [1.29, 1.82) is 0 Å². The van der Waals surface area contributed by atoms with Gasteiger partial charge in [-0.25, -0.2) is 0 Å². The van der Waals surface area contributed by atoms with Crippen LogP contribution in [0.25, 0.3) is 0 Å². The average molecular weight is 240 g/mol. The molecule has 1 aromatic carbocycles. The minimum Gasteiger partial charge on any atom is -0.489 e. The first-order chi connectivity index (χ1) is 7.99. The zero-order valence-corrected chi connectivity index (χ0v) is 12.1. The maximum absolute atomic E-state index is 5.97. The maximum Gasteiger partial charge on any atom is 1.00 e. The van der Waals surface area contributed by atoms with E-state index in [9.17, 15) is 0 Å². The Labute approximate surface area is 123 Å². The third-order valence-corrected chi connectivity index (χ3v) is 2.90. The van der Waals surface area contributed by atoms with E-state index in [1.807, 2.05) is 26.0 Å². The van der Waals surface area contributed by atoms with Gasteiger partial charge >= 0.3 is 18.9 Å². The Balaban J connectivity index is 0.00000289. The summed E-state index contributed by atoms with van der Waals surface area (Å²) < 4.78 is 5.71. The predicted molar refractivity (Wildman–Crippen MR) is 74.0 cm³/mol. The number of benzene rings is 1. The summed E-state index contributed by atoms with van der Waals surface area (Å²) in [7, 11) is 0. The molecule has 0 fully saturated rings. The normalized spacial score (nSPS) is 10.6. The number of ether oxygens (including phenoxy) is 1. The standard InChI is InChI=1S/C15H23NO.Li/c1-6-12(7-2)13-9-15(17-10(3)4)14(16)8-11(13)5;/h8-10,12H,1-2,6-7,16H2,3-5H3;/q-2;+1. The summed E-state index contributed by atoms with van der Waals surface area (Å²) in [5.74, 6) is 1.15. The molecule has 0 heterocycles. The van der Waals surface area contributed by atoms with Crippen LogP contribution in [0.2, 0.25) is 0 Å². The molecule has 0 atom stereocenters. The van der Waals surface area contributed by atoms with E-state index in [2.05, 4.69) is 20.8 Å². The van der Waals surface area contributed by atoms with E-state index < -0.39 is 0 Å². The quantitative estimate of drug-likeness (QED) is 0.471. The van der Waals surface area contributed by atoms with Gasteiger partial charge in [0.1, 0.15) is 5.75 Å². The van der Waals surface area contributed by atoms with Crippen LogP contribution in [0, 0.1) is 20.8 Å². The molecule has 3 heteroatoms. The van der Waals surface area contributed by atoms with Crippen molar-refractivity contribution in [3.05, 3.63) is 37.1 Å². The molecule has 1 aromatic rings. The largest absolute Gasteiger partial charge is 1.00 e. The molecule has 0 unspecified atom stereocenters. The van der Waals surface area contributed by atoms with Crippen LogP contribution in [0.1, 0.15) is 43.7 Å². The van der Waals surface area contributed by atoms with Gasteiger partial charge in [0.2, 0.25) is 0 Å². The van der Waals surface area contributed by atoms with Gasteiger partial charge in [-0.1, -0.05) is 5.92 Å². The van der Waals surface area contributed by atoms with Crippen molar-refractivity contribution >= 4 is 5.69 Å². The Bertz CT molecular complexity index is 373. The molecule has 0 saturated heterocycles. The first kappa shape index (κ1) is 17.4. The SMILES string of the molecule is [CH2-]CC(C[CH2-])c1cc(OC(C)C)c(N)cc1C.[Li+]. The molecule has 0 saturated carbocycles. The van der Waals surface area contributed by atoms with Gasteiger partial charge in [-0.2, -0.15) is 12.8 Å². The van der Waals surface area contributed by atoms with Crippen molar-refractivity contribution in [1.82, 2.24) is 0 Å². The molecule has 0 bridgehead atoms. The second-order valence-corrected chi connectivity index (χ2v) is 4.69. The van der Waals surface area contributed by atoms with Gasteiger partial charge in [0.15, 0.2) is 0 Å². The average Bonchev–Trinajstić information content (AvgIpc) is 2.25. The summed E-state index contributed by atoms with van der Waals surface area (Å²) in [6.07, 6.45) is 1.82. The molecule has 18 heavy (non-hydrogen) atoms. The van der Waals surface area contributed by atoms with Crippen LogP contribution >= 0.6 is 0 Å². The maximum atomic E-state index is 5.97. The Morgan fingerprint density at radius 1 is 1.22 bits per heavy atom. The Kier molecular flexibility index (Phi) is 7.51. The Morgan fingerprint density at radius 3 is 2.22 bits per heavy atom. The van der Waals surface area contributed by atoms with Crippen molar-refractivity contribution in [2.24, 2.45) is 0 Å². The van der Waals surface area contributed by atoms with Crippen LogP contribution in [0.3, 0.4) is 0 Å². The molecule has 1 rings (SSSR count). The van der Waals surface area contributed by atoms with Gasteiger partial charge in [-0.05, 0) is 44.0 Å². The zero-order valence-electron chi connectivity index (χ0n) is 12.1. The Hall–Kier alpha value is -0.583. The van der Waals surface area contributed by atoms with Crippen LogP contribution < -0.4 is 29.3 Å². The third-order valence-electron chi connectivity index (χ3n) is 2.90. The number of anilines is 1. The minimum absolute atomic E-state index is 0. The van der Waals surface area contributed by atoms with Crippen molar-refractivity contribution in [3.63, 3.8) is 0 Å². The van der Waals surface area contributed by atoms with Crippen molar-refractivity contribution in [3.8, 4) is 5.75 Å². The molecule has 0 aromatic heterocycles. The summed E-state index contributed by atoms with van der Waals surface area (Å²) in [5.41, 5.74) is 9.11. The van der Waals surface area contributed by atoms with E-state index in [0.717, 1.165) is 18.6 Å². The van der Waals surface area contributed by atoms with Gasteiger partial charge in [-0.3, -0.25) is 0 Å². The summed E-state index contributed by atoms with van der Waals surface area (Å²) in [4.78, 5) is 0. The molecule has 2 nitrogen and oxygen atoms in total. The molecule has 2 N–H and O–H groups in total. The fraction of sp³-hybridized carbons (Fsp3) is 0.467. The molecule has 0 aliphatic rings. The second kappa shape index (κ2) is 7.77. The van der Waals surface area contributed by atoms with Gasteiger partial charge in [0, 0.05) is 0 Å². The molecular weight excluding hydrogens is 217 g/mol. The van der Waals surface area contributed by atoms with Crippen molar-refractivity contribution in [2.75, 3.05) is 5.73 Å². The summed E-state index contributed by atoms with van der Waals surface area (Å²) in [6.45, 7) is 14.0. The van der Waals surface area contributed by atoms with Crippen LogP contribution in [0.5, 0.6) is 5.75 Å². The fourth-order valence-electron chi connectivity index (χ4n) is 1.98. The number of nitrogens with two attached hydrogens (primary N) is 1. The number of hydrogen-bond donors (Lipinski definition) is 1. The molecular formula is C15H23LiNO-. The molecule has 0 aliphatic carbocycles. The number of hydrogen-bond acceptors (Lipinski definition) is 2. The Morgan fingerprint density at radius 2 is 1.78 bits per heavy atom. The molecule has 0 aliphatic heterocycles. The summed E-state index contributed by atoms with van der Waals surface area (Å²) in [6, 6.07) is 4.02. The number of rotatable bonds is 5. The molecule has 0 amide bonds. The molecule has 0 spiro atoms. The summed E-state index contributed by atoms with van der Waals surface area (Å²) in [5, 5.41) is 0. The fourth-order valence-corrected chi connectivity index (χ4v) is 1.98. The van der Waals surface area contributed by atoms with E-state index in [4.69, 9.17) is 10.5 Å². The van der Waals surface area contributed by atoms with E-state index >= 15 is 0 Å². The van der Waals surface area contributed by atoms with E-state index in [1.165, 1.54) is 11.1 Å². The second-order valence-electron chi connectivity index (χ2n) is 4.69. The van der Waals surface area contributed by atoms with Gasteiger partial charge in [0.25, 0.3) is 0 Å². The van der Waals surface area contributed by atoms with Gasteiger partial charge in [0.05, 0.1) is 11.8 Å². The zero-order chi connectivity index (χ0) is 13.0. The smallest absolute Gasteiger partial charge is 0.489 e. The van der Waals surface area contributed by atoms with Gasteiger partial charge in [-0.15, -0.1) is 0 Å². The van der Waals surface area contributed by atoms with Crippen molar-refractivity contribution in [2.45, 2.75) is 45.6 Å². The van der Waals surface area contributed by atoms with Crippen LogP contribution in [-0.2, 0) is 0 Å². The van der Waals surface area contributed by atoms with E-state index in [1.54, 1.807) is 0 Å².